The first-order chi connectivity index (χ1) is 15.9. The van der Waals surface area contributed by atoms with Gasteiger partial charge in [0.05, 0.1) is 16.9 Å². The van der Waals surface area contributed by atoms with Crippen molar-refractivity contribution in [3.8, 4) is 5.75 Å². The van der Waals surface area contributed by atoms with E-state index >= 15 is 0 Å². The van der Waals surface area contributed by atoms with Gasteiger partial charge in [-0.1, -0.05) is 65.7 Å². The third kappa shape index (κ3) is 3.32. The zero-order chi connectivity index (χ0) is 22.9. The van der Waals surface area contributed by atoms with Gasteiger partial charge >= 0.3 is 5.97 Å². The molecule has 2 aromatic rings. The molecule has 2 aromatic carbocycles. The van der Waals surface area contributed by atoms with Crippen LogP contribution in [0.5, 0.6) is 5.75 Å². The molecule has 2 bridgehead atoms. The Bertz CT molecular complexity index is 1160. The fourth-order valence-electron chi connectivity index (χ4n) is 6.14. The number of likely N-dealkylation sites (tertiary alicyclic amines) is 1. The summed E-state index contributed by atoms with van der Waals surface area (Å²) < 4.78 is 5.60. The molecule has 0 spiro atoms. The van der Waals surface area contributed by atoms with Crippen molar-refractivity contribution < 1.29 is 19.1 Å². The quantitative estimate of drug-likeness (QED) is 0.271. The third-order valence-corrected chi connectivity index (χ3v) is 8.19. The SMILES string of the molecule is O=C(Oc1ccc(Cl)cc1Cl)[C@H](Cc1ccccc1)N1C(=O)[C@@H]2[C@H]3C=C[C@@H]([C@@H]4C[C@H]34)[C@@H]2C1=O. The zero-order valence-electron chi connectivity index (χ0n) is 17.6. The normalized spacial score (nSPS) is 31.9. The highest BCUT2D eigenvalue weighted by Gasteiger charge is 2.68. The molecular weight excluding hydrogens is 461 g/mol. The van der Waals surface area contributed by atoms with Crippen LogP contribution in [0.3, 0.4) is 0 Å². The van der Waals surface area contributed by atoms with Gasteiger partial charge in [0.25, 0.3) is 0 Å². The van der Waals surface area contributed by atoms with Crippen molar-refractivity contribution in [2.75, 3.05) is 0 Å². The number of carbonyl (C=O) groups excluding carboxylic acids is 3. The zero-order valence-corrected chi connectivity index (χ0v) is 19.1. The summed E-state index contributed by atoms with van der Waals surface area (Å²) >= 11 is 12.2. The second kappa shape index (κ2) is 7.71. The smallest absolute Gasteiger partial charge is 0.335 e. The molecule has 2 amide bonds. The Morgan fingerprint density at radius 3 is 2.21 bits per heavy atom. The molecule has 168 valence electrons. The number of nitrogens with zero attached hydrogens (tertiary/aromatic N) is 1. The standard InChI is InChI=1S/C26H21Cl2NO4/c27-14-6-9-21(19(28)11-14)33-26(32)20(10-13-4-2-1-3-5-13)29-24(30)22-15-7-8-16(18-12-17(15)18)23(22)25(29)31/h1-9,11,15-18,20,22-23H,10,12H2/t15-,16-,17-,18+,20-,22-,23+/m0/s1. The van der Waals surface area contributed by atoms with Gasteiger partial charge in [0.1, 0.15) is 11.8 Å². The number of rotatable bonds is 5. The van der Waals surface area contributed by atoms with Crippen molar-refractivity contribution in [3.05, 3.63) is 76.3 Å². The maximum atomic E-state index is 13.6. The van der Waals surface area contributed by atoms with Gasteiger partial charge in [-0.15, -0.1) is 0 Å². The summed E-state index contributed by atoms with van der Waals surface area (Å²) in [7, 11) is 0. The number of halogens is 2. The van der Waals surface area contributed by atoms with Gasteiger partial charge in [0, 0.05) is 11.4 Å². The fourth-order valence-corrected chi connectivity index (χ4v) is 6.59. The van der Waals surface area contributed by atoms with E-state index in [0.29, 0.717) is 16.9 Å². The van der Waals surface area contributed by atoms with Gasteiger partial charge in [-0.05, 0) is 53.9 Å². The average molecular weight is 482 g/mol. The van der Waals surface area contributed by atoms with Crippen LogP contribution in [0.4, 0.5) is 0 Å². The monoisotopic (exact) mass is 481 g/mol. The molecule has 1 heterocycles. The van der Waals surface area contributed by atoms with Crippen LogP contribution in [0.15, 0.2) is 60.7 Å². The van der Waals surface area contributed by atoms with E-state index in [1.54, 1.807) is 6.07 Å². The highest BCUT2D eigenvalue weighted by atomic mass is 35.5. The van der Waals surface area contributed by atoms with Crippen LogP contribution in [0.1, 0.15) is 12.0 Å². The molecule has 0 radical (unpaired) electrons. The third-order valence-electron chi connectivity index (χ3n) is 7.66. The number of allylic oxidation sites excluding steroid dienone is 2. The van der Waals surface area contributed by atoms with E-state index in [0.717, 1.165) is 12.0 Å². The summed E-state index contributed by atoms with van der Waals surface area (Å²) in [6, 6.07) is 12.8. The van der Waals surface area contributed by atoms with Gasteiger partial charge < -0.3 is 4.74 Å². The number of amides is 2. The summed E-state index contributed by atoms with van der Waals surface area (Å²) in [6.45, 7) is 0. The van der Waals surface area contributed by atoms with Crippen molar-refractivity contribution in [2.45, 2.75) is 18.9 Å². The summed E-state index contributed by atoms with van der Waals surface area (Å²) in [4.78, 5) is 41.8. The minimum Gasteiger partial charge on any atom is -0.423 e. The molecule has 2 saturated carbocycles. The average Bonchev–Trinajstić information content (AvgIpc) is 3.59. The Morgan fingerprint density at radius 2 is 1.61 bits per heavy atom. The number of hydrogen-bond acceptors (Lipinski definition) is 4. The van der Waals surface area contributed by atoms with Crippen LogP contribution in [-0.4, -0.2) is 28.7 Å². The Hall–Kier alpha value is -2.63. The van der Waals surface area contributed by atoms with E-state index in [-0.39, 0.29) is 52.7 Å². The van der Waals surface area contributed by atoms with Gasteiger partial charge in [-0.3, -0.25) is 14.5 Å². The first-order valence-electron chi connectivity index (χ1n) is 11.2. The minimum atomic E-state index is -1.07. The molecular formula is C26H21Cl2NO4. The Kier molecular flexibility index (Phi) is 4.89. The summed E-state index contributed by atoms with van der Waals surface area (Å²) in [5, 5.41) is 0.598. The topological polar surface area (TPSA) is 63.7 Å². The molecule has 5 aliphatic rings. The molecule has 7 heteroatoms. The molecule has 7 rings (SSSR count). The number of carbonyl (C=O) groups is 3. The van der Waals surface area contributed by atoms with Gasteiger partial charge in [0.2, 0.25) is 11.8 Å². The molecule has 0 aromatic heterocycles. The number of ether oxygens (including phenoxy) is 1. The minimum absolute atomic E-state index is 0.0885. The lowest BCUT2D eigenvalue weighted by Crippen LogP contribution is -2.48. The van der Waals surface area contributed by atoms with Gasteiger partial charge in [-0.25, -0.2) is 4.79 Å². The highest BCUT2D eigenvalue weighted by molar-refractivity contribution is 6.35. The Labute approximate surface area is 201 Å². The molecule has 3 fully saturated rings. The largest absolute Gasteiger partial charge is 0.423 e. The molecule has 0 unspecified atom stereocenters. The number of benzene rings is 2. The van der Waals surface area contributed by atoms with Gasteiger partial charge in [-0.2, -0.15) is 0 Å². The van der Waals surface area contributed by atoms with Crippen molar-refractivity contribution >= 4 is 41.0 Å². The predicted molar refractivity (Wildman–Crippen MR) is 123 cm³/mol. The van der Waals surface area contributed by atoms with Crippen LogP contribution in [0.25, 0.3) is 0 Å². The molecule has 5 nitrogen and oxygen atoms in total. The van der Waals surface area contributed by atoms with Crippen molar-refractivity contribution in [3.63, 3.8) is 0 Å². The van der Waals surface area contributed by atoms with E-state index < -0.39 is 12.0 Å². The lowest BCUT2D eigenvalue weighted by molar-refractivity contribution is -0.153. The van der Waals surface area contributed by atoms with Crippen LogP contribution in [0, 0.1) is 35.5 Å². The summed E-state index contributed by atoms with van der Waals surface area (Å²) in [5.74, 6) is -0.642. The van der Waals surface area contributed by atoms with Crippen molar-refractivity contribution in [1.29, 1.82) is 0 Å². The predicted octanol–water partition coefficient (Wildman–Crippen LogP) is 4.56. The van der Waals surface area contributed by atoms with E-state index in [9.17, 15) is 14.4 Å². The van der Waals surface area contributed by atoms with Crippen molar-refractivity contribution in [1.82, 2.24) is 4.90 Å². The molecule has 0 N–H and O–H groups in total. The summed E-state index contributed by atoms with van der Waals surface area (Å²) in [5.41, 5.74) is 0.834. The summed E-state index contributed by atoms with van der Waals surface area (Å²) in [6.07, 6.45) is 5.50. The first kappa shape index (κ1) is 20.9. The van der Waals surface area contributed by atoms with Crippen LogP contribution < -0.4 is 4.74 Å². The molecule has 1 aliphatic heterocycles. The van der Waals surface area contributed by atoms with E-state index in [1.807, 2.05) is 30.3 Å². The molecule has 1 saturated heterocycles. The number of hydrogen-bond donors (Lipinski definition) is 0. The lowest BCUT2D eigenvalue weighted by atomic mass is 9.63. The van der Waals surface area contributed by atoms with E-state index in [2.05, 4.69) is 12.2 Å². The van der Waals surface area contributed by atoms with Crippen molar-refractivity contribution in [2.24, 2.45) is 35.5 Å². The fraction of sp³-hybridized carbons (Fsp3) is 0.346. The second-order valence-corrected chi connectivity index (χ2v) is 10.2. The molecule has 7 atom stereocenters. The first-order valence-corrected chi connectivity index (χ1v) is 12.0. The molecule has 33 heavy (non-hydrogen) atoms. The molecule has 4 aliphatic carbocycles. The maximum absolute atomic E-state index is 13.6. The number of esters is 1. The lowest BCUT2D eigenvalue weighted by Gasteiger charge is -2.37. The maximum Gasteiger partial charge on any atom is 0.335 e. The number of imide groups is 1. The van der Waals surface area contributed by atoms with E-state index in [4.69, 9.17) is 27.9 Å². The van der Waals surface area contributed by atoms with Crippen LogP contribution in [-0.2, 0) is 20.8 Å². The highest BCUT2D eigenvalue weighted by Crippen LogP contribution is 2.65. The van der Waals surface area contributed by atoms with E-state index in [1.165, 1.54) is 17.0 Å². The van der Waals surface area contributed by atoms with Crippen LogP contribution in [0.2, 0.25) is 10.0 Å². The van der Waals surface area contributed by atoms with Crippen LogP contribution >= 0.6 is 23.2 Å². The van der Waals surface area contributed by atoms with Gasteiger partial charge in [0.15, 0.2) is 0 Å². The Balaban J connectivity index is 1.34. The Morgan fingerprint density at radius 1 is 0.970 bits per heavy atom. The second-order valence-electron chi connectivity index (χ2n) is 9.40.